The van der Waals surface area contributed by atoms with Crippen molar-refractivity contribution in [1.29, 1.82) is 0 Å². The van der Waals surface area contributed by atoms with Gasteiger partial charge in [-0.2, -0.15) is 0 Å². The third kappa shape index (κ3) is 1.58. The molecular formula is C26H26N2. The highest BCUT2D eigenvalue weighted by Gasteiger charge is 2.47. The monoisotopic (exact) mass is 366 g/mol. The molecule has 2 aromatic heterocycles. The third-order valence-electron chi connectivity index (χ3n) is 8.03. The van der Waals surface area contributed by atoms with Gasteiger partial charge in [0.2, 0.25) is 0 Å². The van der Waals surface area contributed by atoms with Gasteiger partial charge in [-0.3, -0.25) is 4.40 Å². The first-order valence-corrected chi connectivity index (χ1v) is 10.8. The van der Waals surface area contributed by atoms with Gasteiger partial charge >= 0.3 is 0 Å². The summed E-state index contributed by atoms with van der Waals surface area (Å²) in [5.41, 5.74) is 10.2. The molecule has 0 amide bonds. The van der Waals surface area contributed by atoms with Gasteiger partial charge in [0.1, 0.15) is 5.65 Å². The van der Waals surface area contributed by atoms with E-state index >= 15 is 0 Å². The topological polar surface area (TPSA) is 17.3 Å². The van der Waals surface area contributed by atoms with E-state index in [0.717, 1.165) is 17.5 Å². The average molecular weight is 367 g/mol. The minimum absolute atomic E-state index is 0.136. The Hall–Kier alpha value is -2.35. The standard InChI is InChI=1S/C26H26N2/c1-25(2)13-26(3,4)23-22(25)16-7-5-6-8-17(16)24-27-20-11-18-14-9-10-15(14)19(18)12-21(20)28(23)24/h5-8,11-12,14-15H,9-10,13H2,1-4H3. The molecule has 0 bridgehead atoms. The number of hydrogen-bond acceptors (Lipinski definition) is 1. The van der Waals surface area contributed by atoms with Gasteiger partial charge in [0, 0.05) is 16.5 Å². The summed E-state index contributed by atoms with van der Waals surface area (Å²) in [4.78, 5) is 5.22. The molecule has 0 aliphatic heterocycles. The highest BCUT2D eigenvalue weighted by molar-refractivity contribution is 6.02. The van der Waals surface area contributed by atoms with Crippen LogP contribution >= 0.6 is 0 Å². The van der Waals surface area contributed by atoms with Gasteiger partial charge in [-0.15, -0.1) is 0 Å². The molecule has 1 saturated carbocycles. The lowest BCUT2D eigenvalue weighted by atomic mass is 9.56. The fourth-order valence-electron chi connectivity index (χ4n) is 7.09. The van der Waals surface area contributed by atoms with E-state index in [4.69, 9.17) is 4.98 Å². The average Bonchev–Trinajstić information content (AvgIpc) is 3.05. The zero-order valence-corrected chi connectivity index (χ0v) is 17.1. The molecule has 0 spiro atoms. The summed E-state index contributed by atoms with van der Waals surface area (Å²) in [5, 5.41) is 2.69. The van der Waals surface area contributed by atoms with Crippen LogP contribution in [0.3, 0.4) is 0 Å². The van der Waals surface area contributed by atoms with Crippen molar-refractivity contribution in [2.75, 3.05) is 0 Å². The van der Waals surface area contributed by atoms with Crippen LogP contribution in [0.4, 0.5) is 0 Å². The lowest BCUT2D eigenvalue weighted by Gasteiger charge is -2.48. The summed E-state index contributed by atoms with van der Waals surface area (Å²) in [7, 11) is 0. The predicted octanol–water partition coefficient (Wildman–Crippen LogP) is 6.57. The van der Waals surface area contributed by atoms with E-state index in [1.54, 1.807) is 11.1 Å². The number of hydrogen-bond donors (Lipinski definition) is 0. The van der Waals surface area contributed by atoms with Crippen molar-refractivity contribution in [3.8, 4) is 0 Å². The summed E-state index contributed by atoms with van der Waals surface area (Å²) in [6.07, 6.45) is 3.92. The van der Waals surface area contributed by atoms with Crippen molar-refractivity contribution >= 4 is 27.5 Å². The Balaban J connectivity index is 1.73. The van der Waals surface area contributed by atoms with Gasteiger partial charge in [0.15, 0.2) is 0 Å². The van der Waals surface area contributed by atoms with Crippen LogP contribution in [-0.2, 0) is 10.8 Å². The van der Waals surface area contributed by atoms with Crippen LogP contribution in [0, 0.1) is 0 Å². The van der Waals surface area contributed by atoms with E-state index in [2.05, 4.69) is 68.5 Å². The minimum Gasteiger partial charge on any atom is -0.295 e. The van der Waals surface area contributed by atoms with Crippen molar-refractivity contribution < 1.29 is 0 Å². The molecule has 2 nitrogen and oxygen atoms in total. The quantitative estimate of drug-likeness (QED) is 0.344. The van der Waals surface area contributed by atoms with Crippen LogP contribution in [0.1, 0.15) is 81.2 Å². The lowest BCUT2D eigenvalue weighted by Crippen LogP contribution is -2.32. The maximum atomic E-state index is 5.22. The number of nitrogens with zero attached hydrogens (tertiary/aromatic N) is 2. The van der Waals surface area contributed by atoms with E-state index in [9.17, 15) is 0 Å². The van der Waals surface area contributed by atoms with Crippen LogP contribution in [0.2, 0.25) is 0 Å². The second kappa shape index (κ2) is 4.45. The molecule has 4 aromatic rings. The molecule has 28 heavy (non-hydrogen) atoms. The molecule has 2 atom stereocenters. The van der Waals surface area contributed by atoms with Gasteiger partial charge in [0.05, 0.1) is 11.0 Å². The van der Waals surface area contributed by atoms with Crippen molar-refractivity contribution in [1.82, 2.24) is 9.38 Å². The fourth-order valence-corrected chi connectivity index (χ4v) is 7.09. The van der Waals surface area contributed by atoms with Gasteiger partial charge in [0.25, 0.3) is 0 Å². The lowest BCUT2D eigenvalue weighted by molar-refractivity contribution is 0.295. The van der Waals surface area contributed by atoms with Gasteiger partial charge in [-0.05, 0) is 70.7 Å². The molecular weight excluding hydrogens is 340 g/mol. The molecule has 0 N–H and O–H groups in total. The molecule has 1 fully saturated rings. The number of imidazole rings is 1. The Morgan fingerprint density at radius 3 is 2.29 bits per heavy atom. The van der Waals surface area contributed by atoms with Crippen LogP contribution in [0.15, 0.2) is 36.4 Å². The normalized spacial score (nSPS) is 26.0. The summed E-state index contributed by atoms with van der Waals surface area (Å²) < 4.78 is 2.54. The molecule has 0 radical (unpaired) electrons. The summed E-state index contributed by atoms with van der Waals surface area (Å²) in [6.45, 7) is 9.68. The van der Waals surface area contributed by atoms with Crippen LogP contribution in [-0.4, -0.2) is 9.38 Å². The second-order valence-electron chi connectivity index (χ2n) is 10.7. The van der Waals surface area contributed by atoms with E-state index in [-0.39, 0.29) is 10.8 Å². The Bertz CT molecular complexity index is 1350. The Morgan fingerprint density at radius 2 is 1.57 bits per heavy atom. The molecule has 3 aliphatic carbocycles. The first-order valence-electron chi connectivity index (χ1n) is 10.8. The maximum Gasteiger partial charge on any atom is 0.146 e. The maximum absolute atomic E-state index is 5.22. The number of fused-ring (bicyclic) bond motifs is 12. The minimum atomic E-state index is 0.136. The molecule has 0 saturated heterocycles. The van der Waals surface area contributed by atoms with Crippen LogP contribution < -0.4 is 0 Å². The molecule has 2 aromatic carbocycles. The molecule has 140 valence electrons. The Kier molecular flexibility index (Phi) is 2.47. The SMILES string of the molecule is CC1(C)CC(C)(C)c2c1c1ccccc1c1nc3cc4c(cc3n21)C1CCC41. The number of aromatic nitrogens is 2. The van der Waals surface area contributed by atoms with Crippen molar-refractivity contribution in [3.63, 3.8) is 0 Å². The van der Waals surface area contributed by atoms with E-state index in [0.29, 0.717) is 0 Å². The molecule has 3 aliphatic rings. The summed E-state index contributed by atoms with van der Waals surface area (Å²) in [5.74, 6) is 1.64. The highest BCUT2D eigenvalue weighted by atomic mass is 15.0. The zero-order chi connectivity index (χ0) is 19.0. The smallest absolute Gasteiger partial charge is 0.146 e. The second-order valence-corrected chi connectivity index (χ2v) is 10.7. The van der Waals surface area contributed by atoms with Crippen molar-refractivity contribution in [2.24, 2.45) is 0 Å². The van der Waals surface area contributed by atoms with Gasteiger partial charge < -0.3 is 0 Å². The third-order valence-corrected chi connectivity index (χ3v) is 8.03. The zero-order valence-electron chi connectivity index (χ0n) is 17.1. The summed E-state index contributed by atoms with van der Waals surface area (Å²) in [6, 6.07) is 13.8. The number of benzene rings is 2. The molecule has 2 heterocycles. The van der Waals surface area contributed by atoms with E-state index in [1.165, 1.54) is 52.3 Å². The van der Waals surface area contributed by atoms with Crippen LogP contribution in [0.5, 0.6) is 0 Å². The van der Waals surface area contributed by atoms with Crippen LogP contribution in [0.25, 0.3) is 27.5 Å². The largest absolute Gasteiger partial charge is 0.295 e. The Morgan fingerprint density at radius 1 is 0.893 bits per heavy atom. The molecule has 2 unspecified atom stereocenters. The predicted molar refractivity (Wildman–Crippen MR) is 116 cm³/mol. The first kappa shape index (κ1) is 15.6. The summed E-state index contributed by atoms with van der Waals surface area (Å²) >= 11 is 0. The van der Waals surface area contributed by atoms with E-state index < -0.39 is 0 Å². The molecule has 7 rings (SSSR count). The first-order chi connectivity index (χ1) is 13.4. The number of rotatable bonds is 0. The van der Waals surface area contributed by atoms with Crippen molar-refractivity contribution in [3.05, 3.63) is 58.8 Å². The fraction of sp³-hybridized carbons (Fsp3) is 0.423. The van der Waals surface area contributed by atoms with Crippen molar-refractivity contribution in [2.45, 2.75) is 69.6 Å². The molecule has 2 heteroatoms. The number of pyridine rings is 1. The highest BCUT2D eigenvalue weighted by Crippen LogP contribution is 2.60. The Labute approximate surface area is 165 Å². The van der Waals surface area contributed by atoms with Gasteiger partial charge in [-0.25, -0.2) is 4.98 Å². The van der Waals surface area contributed by atoms with Gasteiger partial charge in [-0.1, -0.05) is 52.0 Å². The van der Waals surface area contributed by atoms with E-state index in [1.807, 2.05) is 0 Å².